The number of carbonyl (C=O) groups is 1. The number of hydrogen-bond donors (Lipinski definition) is 0. The first-order chi connectivity index (χ1) is 14.1. The average Bonchev–Trinajstić information content (AvgIpc) is 3.43. The number of fused-ring (bicyclic) bond motifs is 1. The van der Waals surface area contributed by atoms with Crippen molar-refractivity contribution in [1.29, 1.82) is 0 Å². The Morgan fingerprint density at radius 1 is 1.14 bits per heavy atom. The van der Waals surface area contributed by atoms with Crippen molar-refractivity contribution in [3.05, 3.63) is 54.7 Å². The fraction of sp³-hybridized carbons (Fsp3) is 0.476. The zero-order valence-corrected chi connectivity index (χ0v) is 18.1. The molecule has 1 fully saturated rings. The van der Waals surface area contributed by atoms with Crippen molar-refractivity contribution in [3.63, 3.8) is 0 Å². The second-order valence-corrected chi connectivity index (χ2v) is 9.38. The quantitative estimate of drug-likeness (QED) is 0.601. The molecule has 29 heavy (non-hydrogen) atoms. The molecule has 3 aromatic rings. The maximum Gasteiger partial charge on any atom is 0.332 e. The van der Waals surface area contributed by atoms with Gasteiger partial charge < -0.3 is 4.90 Å². The van der Waals surface area contributed by atoms with Crippen molar-refractivity contribution in [3.8, 4) is 0 Å². The maximum absolute atomic E-state index is 13.2. The predicted octanol–water partition coefficient (Wildman–Crippen LogP) is 3.32. The monoisotopic (exact) mass is 431 g/mol. The summed E-state index contributed by atoms with van der Waals surface area (Å²) >= 11 is 2.94. The summed E-state index contributed by atoms with van der Waals surface area (Å²) in [7, 11) is 0. The molecule has 4 rings (SSSR count). The van der Waals surface area contributed by atoms with E-state index in [1.54, 1.807) is 17.4 Å². The van der Waals surface area contributed by atoms with E-state index >= 15 is 0 Å². The summed E-state index contributed by atoms with van der Waals surface area (Å²) in [4.78, 5) is 42.2. The molecule has 3 aromatic heterocycles. The molecule has 0 aliphatic carbocycles. The topological polar surface area (TPSA) is 64.3 Å². The van der Waals surface area contributed by atoms with Gasteiger partial charge in [0.1, 0.15) is 11.2 Å². The van der Waals surface area contributed by atoms with E-state index in [0.29, 0.717) is 23.2 Å². The Kier molecular flexibility index (Phi) is 6.01. The van der Waals surface area contributed by atoms with Crippen LogP contribution in [0.25, 0.3) is 10.2 Å². The van der Waals surface area contributed by atoms with Gasteiger partial charge in [0, 0.05) is 24.0 Å². The third kappa shape index (κ3) is 3.96. The Morgan fingerprint density at radius 2 is 2.00 bits per heavy atom. The van der Waals surface area contributed by atoms with Crippen LogP contribution in [0.15, 0.2) is 38.5 Å². The van der Waals surface area contributed by atoms with Gasteiger partial charge in [0.15, 0.2) is 0 Å². The highest BCUT2D eigenvalue weighted by Crippen LogP contribution is 2.21. The van der Waals surface area contributed by atoms with E-state index in [1.165, 1.54) is 20.5 Å². The van der Waals surface area contributed by atoms with Crippen LogP contribution >= 0.6 is 22.7 Å². The minimum absolute atomic E-state index is 0.0121. The highest BCUT2D eigenvalue weighted by molar-refractivity contribution is 7.17. The summed E-state index contributed by atoms with van der Waals surface area (Å²) in [6, 6.07) is 5.98. The second kappa shape index (κ2) is 8.67. The molecule has 1 amide bonds. The summed E-state index contributed by atoms with van der Waals surface area (Å²) in [6.45, 7) is 3.16. The number of thiophene rings is 2. The van der Waals surface area contributed by atoms with Crippen LogP contribution in [0, 0.1) is 0 Å². The highest BCUT2D eigenvalue weighted by Gasteiger charge is 2.26. The number of carbonyl (C=O) groups excluding carboxylic acids is 1. The van der Waals surface area contributed by atoms with Crippen LogP contribution in [0.3, 0.4) is 0 Å². The van der Waals surface area contributed by atoms with Gasteiger partial charge in [0.25, 0.3) is 5.56 Å². The van der Waals surface area contributed by atoms with Crippen molar-refractivity contribution in [1.82, 2.24) is 14.0 Å². The van der Waals surface area contributed by atoms with E-state index < -0.39 is 5.69 Å². The molecule has 0 aromatic carbocycles. The van der Waals surface area contributed by atoms with E-state index in [0.717, 1.165) is 37.1 Å². The summed E-state index contributed by atoms with van der Waals surface area (Å²) in [5, 5.41) is 3.80. The molecule has 154 valence electrons. The number of likely N-dealkylation sites (tertiary alicyclic amines) is 1. The zero-order chi connectivity index (χ0) is 20.4. The smallest absolute Gasteiger partial charge is 0.332 e. The molecule has 4 heterocycles. The fourth-order valence-electron chi connectivity index (χ4n) is 4.14. The molecule has 0 bridgehead atoms. The molecule has 0 N–H and O–H groups in total. The number of amides is 1. The van der Waals surface area contributed by atoms with Crippen molar-refractivity contribution < 1.29 is 4.79 Å². The first kappa shape index (κ1) is 20.1. The van der Waals surface area contributed by atoms with Gasteiger partial charge in [-0.05, 0) is 55.0 Å². The molecule has 1 unspecified atom stereocenters. The van der Waals surface area contributed by atoms with E-state index in [9.17, 15) is 14.4 Å². The second-order valence-electron chi connectivity index (χ2n) is 7.43. The van der Waals surface area contributed by atoms with Crippen molar-refractivity contribution >= 4 is 38.8 Å². The maximum atomic E-state index is 13.2. The molecule has 8 heteroatoms. The molecular formula is C21H25N3O3S2. The van der Waals surface area contributed by atoms with Gasteiger partial charge in [-0.25, -0.2) is 4.79 Å². The standard InChI is InChI=1S/C21H25N3O3S2/c1-2-15-6-3-4-10-22(15)18(25)14-24-17-9-13-29-19(17)20(26)23(21(24)27)11-8-16-7-5-12-28-16/h5,7,9,12-13,15H,2-4,6,8,10-11,14H2,1H3. The number of nitrogens with zero attached hydrogens (tertiary/aromatic N) is 3. The van der Waals surface area contributed by atoms with Crippen LogP contribution < -0.4 is 11.2 Å². The molecule has 1 aliphatic rings. The van der Waals surface area contributed by atoms with Crippen LogP contribution in [-0.4, -0.2) is 32.5 Å². The van der Waals surface area contributed by atoms with Crippen LogP contribution in [0.1, 0.15) is 37.5 Å². The van der Waals surface area contributed by atoms with Crippen LogP contribution in [0.2, 0.25) is 0 Å². The Balaban J connectivity index is 1.68. The Hall–Kier alpha value is -2.19. The van der Waals surface area contributed by atoms with Crippen molar-refractivity contribution in [2.45, 2.75) is 58.2 Å². The lowest BCUT2D eigenvalue weighted by Crippen LogP contribution is -2.47. The van der Waals surface area contributed by atoms with Gasteiger partial charge in [0.2, 0.25) is 5.91 Å². The third-order valence-electron chi connectivity index (χ3n) is 5.71. The summed E-state index contributed by atoms with van der Waals surface area (Å²) in [5.74, 6) is -0.0328. The van der Waals surface area contributed by atoms with E-state index in [2.05, 4.69) is 6.92 Å². The lowest BCUT2D eigenvalue weighted by molar-refractivity contribution is -0.135. The van der Waals surface area contributed by atoms with E-state index in [-0.39, 0.29) is 24.1 Å². The van der Waals surface area contributed by atoms with Gasteiger partial charge in [-0.3, -0.25) is 18.7 Å². The molecular weight excluding hydrogens is 406 g/mol. The van der Waals surface area contributed by atoms with Crippen LogP contribution in [-0.2, 0) is 24.3 Å². The zero-order valence-electron chi connectivity index (χ0n) is 16.5. The predicted molar refractivity (Wildman–Crippen MR) is 118 cm³/mol. The Morgan fingerprint density at radius 3 is 2.76 bits per heavy atom. The molecule has 0 spiro atoms. The molecule has 1 aliphatic heterocycles. The molecule has 6 nitrogen and oxygen atoms in total. The lowest BCUT2D eigenvalue weighted by atomic mass is 10.00. The highest BCUT2D eigenvalue weighted by atomic mass is 32.1. The molecule has 1 atom stereocenters. The van der Waals surface area contributed by atoms with Crippen molar-refractivity contribution in [2.75, 3.05) is 6.54 Å². The summed E-state index contributed by atoms with van der Waals surface area (Å²) < 4.78 is 3.32. The first-order valence-electron chi connectivity index (χ1n) is 10.1. The number of rotatable bonds is 6. The van der Waals surface area contributed by atoms with Crippen LogP contribution in [0.4, 0.5) is 0 Å². The van der Waals surface area contributed by atoms with Gasteiger partial charge in [0.05, 0.1) is 5.52 Å². The number of aromatic nitrogens is 2. The summed E-state index contributed by atoms with van der Waals surface area (Å²) in [6.07, 6.45) is 4.72. The molecule has 0 saturated carbocycles. The molecule has 1 saturated heterocycles. The normalized spacial score (nSPS) is 17.1. The largest absolute Gasteiger partial charge is 0.338 e. The van der Waals surface area contributed by atoms with E-state index in [4.69, 9.17) is 0 Å². The first-order valence-corrected chi connectivity index (χ1v) is 11.9. The lowest BCUT2D eigenvalue weighted by Gasteiger charge is -2.35. The number of hydrogen-bond acceptors (Lipinski definition) is 5. The molecule has 0 radical (unpaired) electrons. The Bertz CT molecular complexity index is 1110. The summed E-state index contributed by atoms with van der Waals surface area (Å²) in [5.41, 5.74) is -0.0868. The number of piperidine rings is 1. The SMILES string of the molecule is CCC1CCCCN1C(=O)Cn1c(=O)n(CCc2cccs2)c(=O)c2sccc21. The average molecular weight is 432 g/mol. The van der Waals surface area contributed by atoms with E-state index in [1.807, 2.05) is 27.8 Å². The number of aryl methyl sites for hydroxylation is 1. The Labute approximate surface area is 177 Å². The third-order valence-corrected chi connectivity index (χ3v) is 7.54. The van der Waals surface area contributed by atoms with Gasteiger partial charge in [-0.15, -0.1) is 22.7 Å². The van der Waals surface area contributed by atoms with Gasteiger partial charge >= 0.3 is 5.69 Å². The fourth-order valence-corrected chi connectivity index (χ4v) is 5.68. The van der Waals surface area contributed by atoms with Crippen LogP contribution in [0.5, 0.6) is 0 Å². The van der Waals surface area contributed by atoms with Crippen molar-refractivity contribution in [2.24, 2.45) is 0 Å². The van der Waals surface area contributed by atoms with Gasteiger partial charge in [-0.2, -0.15) is 0 Å². The minimum atomic E-state index is -0.393. The minimum Gasteiger partial charge on any atom is -0.338 e. The van der Waals surface area contributed by atoms with Gasteiger partial charge in [-0.1, -0.05) is 13.0 Å².